The number of hydrogen-bond donors (Lipinski definition) is 1. The van der Waals surface area contributed by atoms with E-state index in [1.807, 2.05) is 26.1 Å². The van der Waals surface area contributed by atoms with E-state index in [1.54, 1.807) is 11.0 Å². The normalized spacial score (nSPS) is 14.8. The Bertz CT molecular complexity index is 996. The lowest BCUT2D eigenvalue weighted by Crippen LogP contribution is -2.34. The number of nitrogens with zero attached hydrogens (tertiary/aromatic N) is 1. The van der Waals surface area contributed by atoms with Crippen molar-refractivity contribution in [2.24, 2.45) is 0 Å². The summed E-state index contributed by atoms with van der Waals surface area (Å²) in [5.74, 6) is 0.860. The van der Waals surface area contributed by atoms with Gasteiger partial charge in [0.1, 0.15) is 11.6 Å². The molecule has 3 aromatic rings. The van der Waals surface area contributed by atoms with Gasteiger partial charge in [0, 0.05) is 41.3 Å². The van der Waals surface area contributed by atoms with Gasteiger partial charge in [-0.15, -0.1) is 0 Å². The molecule has 0 aliphatic carbocycles. The number of furan rings is 1. The highest BCUT2D eigenvalue weighted by Crippen LogP contribution is 2.30. The van der Waals surface area contributed by atoms with Gasteiger partial charge >= 0.3 is 0 Å². The molecule has 1 amide bonds. The van der Waals surface area contributed by atoms with Crippen molar-refractivity contribution in [2.45, 2.75) is 20.3 Å². The molecule has 4 nitrogen and oxygen atoms in total. The number of carbonyl (C=O) groups excluding carboxylic acids is 1. The fraction of sp³-hybridized carbons (Fsp3) is 0.250. The number of amides is 1. The SMILES string of the molecule is Cc1cc(C)c(C(=O)N2CC=C(c3c[nH]c4cc(F)ccc34)CC2)o1. The Hall–Kier alpha value is -2.82. The van der Waals surface area contributed by atoms with Gasteiger partial charge < -0.3 is 14.3 Å². The van der Waals surface area contributed by atoms with Crippen LogP contribution in [0.1, 0.15) is 33.9 Å². The van der Waals surface area contributed by atoms with Crippen LogP contribution in [0, 0.1) is 19.7 Å². The zero-order valence-corrected chi connectivity index (χ0v) is 14.2. The summed E-state index contributed by atoms with van der Waals surface area (Å²) < 4.78 is 18.9. The number of fused-ring (bicyclic) bond motifs is 1. The summed E-state index contributed by atoms with van der Waals surface area (Å²) in [6, 6.07) is 6.65. The largest absolute Gasteiger partial charge is 0.456 e. The number of halogens is 1. The fourth-order valence-electron chi connectivity index (χ4n) is 3.46. The molecule has 1 aromatic carbocycles. The maximum atomic E-state index is 13.3. The van der Waals surface area contributed by atoms with Crippen LogP contribution in [0.5, 0.6) is 0 Å². The van der Waals surface area contributed by atoms with Crippen LogP contribution in [-0.2, 0) is 0 Å². The molecule has 128 valence electrons. The van der Waals surface area contributed by atoms with Gasteiger partial charge in [-0.25, -0.2) is 4.39 Å². The smallest absolute Gasteiger partial charge is 0.290 e. The Morgan fingerprint density at radius 1 is 1.28 bits per heavy atom. The number of H-pyrrole nitrogens is 1. The second-order valence-electron chi connectivity index (χ2n) is 6.49. The first-order chi connectivity index (χ1) is 12.0. The molecule has 0 fully saturated rings. The van der Waals surface area contributed by atoms with Crippen LogP contribution >= 0.6 is 0 Å². The lowest BCUT2D eigenvalue weighted by atomic mass is 9.98. The van der Waals surface area contributed by atoms with Gasteiger partial charge in [-0.3, -0.25) is 4.79 Å². The second-order valence-corrected chi connectivity index (χ2v) is 6.49. The Labute approximate surface area is 144 Å². The summed E-state index contributed by atoms with van der Waals surface area (Å²) >= 11 is 0. The predicted octanol–water partition coefficient (Wildman–Crippen LogP) is 4.45. The van der Waals surface area contributed by atoms with Crippen molar-refractivity contribution >= 4 is 22.4 Å². The third-order valence-corrected chi connectivity index (χ3v) is 4.72. The lowest BCUT2D eigenvalue weighted by Gasteiger charge is -2.26. The van der Waals surface area contributed by atoms with E-state index in [9.17, 15) is 9.18 Å². The summed E-state index contributed by atoms with van der Waals surface area (Å²) in [5.41, 5.74) is 3.91. The van der Waals surface area contributed by atoms with Gasteiger partial charge in [0.15, 0.2) is 5.76 Å². The summed E-state index contributed by atoms with van der Waals surface area (Å²) in [6.07, 6.45) is 4.74. The van der Waals surface area contributed by atoms with E-state index < -0.39 is 0 Å². The van der Waals surface area contributed by atoms with Gasteiger partial charge in [0.05, 0.1) is 0 Å². The first-order valence-corrected chi connectivity index (χ1v) is 8.35. The number of nitrogens with one attached hydrogen (secondary N) is 1. The van der Waals surface area contributed by atoms with E-state index in [1.165, 1.54) is 17.7 Å². The maximum absolute atomic E-state index is 13.3. The molecule has 4 rings (SSSR count). The molecule has 25 heavy (non-hydrogen) atoms. The quantitative estimate of drug-likeness (QED) is 0.751. The highest BCUT2D eigenvalue weighted by Gasteiger charge is 2.24. The third kappa shape index (κ3) is 2.76. The van der Waals surface area contributed by atoms with E-state index in [-0.39, 0.29) is 11.7 Å². The molecule has 0 unspecified atom stereocenters. The highest BCUT2D eigenvalue weighted by molar-refractivity contribution is 5.95. The van der Waals surface area contributed by atoms with Gasteiger partial charge in [-0.05, 0) is 50.1 Å². The molecule has 0 bridgehead atoms. The fourth-order valence-corrected chi connectivity index (χ4v) is 3.46. The molecule has 3 heterocycles. The Morgan fingerprint density at radius 3 is 2.80 bits per heavy atom. The first kappa shape index (κ1) is 15.7. The number of rotatable bonds is 2. The minimum atomic E-state index is -0.251. The van der Waals surface area contributed by atoms with Crippen molar-refractivity contribution in [3.8, 4) is 0 Å². The van der Waals surface area contributed by atoms with Crippen LogP contribution in [0.4, 0.5) is 4.39 Å². The van der Waals surface area contributed by atoms with E-state index >= 15 is 0 Å². The number of aryl methyl sites for hydroxylation is 2. The average molecular weight is 338 g/mol. The topological polar surface area (TPSA) is 49.2 Å². The van der Waals surface area contributed by atoms with E-state index in [0.29, 0.717) is 18.8 Å². The highest BCUT2D eigenvalue weighted by atomic mass is 19.1. The van der Waals surface area contributed by atoms with Crippen molar-refractivity contribution in [1.82, 2.24) is 9.88 Å². The first-order valence-electron chi connectivity index (χ1n) is 8.35. The maximum Gasteiger partial charge on any atom is 0.290 e. The van der Waals surface area contributed by atoms with Crippen molar-refractivity contribution in [3.63, 3.8) is 0 Å². The molecule has 0 radical (unpaired) electrons. The molecule has 1 N–H and O–H groups in total. The second kappa shape index (κ2) is 5.92. The van der Waals surface area contributed by atoms with Crippen molar-refractivity contribution in [1.29, 1.82) is 0 Å². The number of carbonyl (C=O) groups is 1. The molecule has 0 spiro atoms. The molecule has 1 aliphatic rings. The minimum Gasteiger partial charge on any atom is -0.456 e. The van der Waals surface area contributed by atoms with Gasteiger partial charge in [-0.1, -0.05) is 6.08 Å². The van der Waals surface area contributed by atoms with E-state index in [4.69, 9.17) is 4.42 Å². The molecular weight excluding hydrogens is 319 g/mol. The number of benzene rings is 1. The molecule has 2 aromatic heterocycles. The zero-order chi connectivity index (χ0) is 17.6. The van der Waals surface area contributed by atoms with E-state index in [2.05, 4.69) is 11.1 Å². The Kier molecular flexibility index (Phi) is 3.71. The number of aromatic nitrogens is 1. The Morgan fingerprint density at radius 2 is 2.12 bits per heavy atom. The van der Waals surface area contributed by atoms with Crippen molar-refractivity contribution < 1.29 is 13.6 Å². The standard InChI is InChI=1S/C20H19FN2O2/c1-12-9-13(2)25-19(12)20(24)23-7-5-14(6-8-23)17-11-22-18-10-15(21)3-4-16(17)18/h3-5,9-11,22H,6-8H2,1-2H3. The van der Waals surface area contributed by atoms with Crippen LogP contribution in [0.15, 0.2) is 41.0 Å². The summed E-state index contributed by atoms with van der Waals surface area (Å²) in [5, 5.41) is 1.00. The van der Waals surface area contributed by atoms with Crippen LogP contribution in [-0.4, -0.2) is 28.9 Å². The monoisotopic (exact) mass is 338 g/mol. The average Bonchev–Trinajstić information content (AvgIpc) is 3.16. The molecule has 0 saturated heterocycles. The molecule has 0 atom stereocenters. The van der Waals surface area contributed by atoms with Crippen LogP contribution in [0.25, 0.3) is 16.5 Å². The van der Waals surface area contributed by atoms with Crippen molar-refractivity contribution in [2.75, 3.05) is 13.1 Å². The van der Waals surface area contributed by atoms with Gasteiger partial charge in [-0.2, -0.15) is 0 Å². The summed E-state index contributed by atoms with van der Waals surface area (Å²) in [6.45, 7) is 4.91. The van der Waals surface area contributed by atoms with E-state index in [0.717, 1.165) is 34.2 Å². The predicted molar refractivity (Wildman–Crippen MR) is 94.9 cm³/mol. The van der Waals surface area contributed by atoms with Crippen LogP contribution in [0.2, 0.25) is 0 Å². The van der Waals surface area contributed by atoms with Crippen LogP contribution in [0.3, 0.4) is 0 Å². The van der Waals surface area contributed by atoms with Gasteiger partial charge in [0.25, 0.3) is 5.91 Å². The number of aromatic amines is 1. The van der Waals surface area contributed by atoms with Gasteiger partial charge in [0.2, 0.25) is 0 Å². The third-order valence-electron chi connectivity index (χ3n) is 4.72. The molecule has 5 heteroatoms. The molecular formula is C20H19FN2O2. The van der Waals surface area contributed by atoms with Crippen molar-refractivity contribution in [3.05, 3.63) is 65.0 Å². The summed E-state index contributed by atoms with van der Waals surface area (Å²) in [7, 11) is 0. The molecule has 1 aliphatic heterocycles. The minimum absolute atomic E-state index is 0.0677. The summed E-state index contributed by atoms with van der Waals surface area (Å²) in [4.78, 5) is 17.5. The molecule has 0 saturated carbocycles. The Balaban J connectivity index is 1.57. The zero-order valence-electron chi connectivity index (χ0n) is 14.2. The number of hydrogen-bond acceptors (Lipinski definition) is 2. The van der Waals surface area contributed by atoms with Crippen LogP contribution < -0.4 is 0 Å². The lowest BCUT2D eigenvalue weighted by molar-refractivity contribution is 0.0738.